The Balaban J connectivity index is 1.60. The lowest BCUT2D eigenvalue weighted by atomic mass is 10.0. The first-order chi connectivity index (χ1) is 12.6. The summed E-state index contributed by atoms with van der Waals surface area (Å²) in [6.45, 7) is 0. The molecular weight excluding hydrogens is 350 g/mol. The van der Waals surface area contributed by atoms with Crippen LogP contribution in [0.1, 0.15) is 21.5 Å². The number of nitrogens with zero attached hydrogens (tertiary/aromatic N) is 2. The van der Waals surface area contributed by atoms with E-state index in [-0.39, 0.29) is 11.6 Å². The molecule has 0 spiro atoms. The molecule has 128 valence electrons. The third-order valence-electron chi connectivity index (χ3n) is 3.91. The maximum Gasteiger partial charge on any atom is 0.255 e. The quantitative estimate of drug-likeness (QED) is 0.379. The Labute approximate surface area is 152 Å². The number of benzene rings is 2. The van der Waals surface area contributed by atoms with Crippen LogP contribution in [0.5, 0.6) is 0 Å². The van der Waals surface area contributed by atoms with Gasteiger partial charge in [0.25, 0.3) is 5.91 Å². The normalized spacial score (nSPS) is 10.8. The molecule has 0 bridgehead atoms. The lowest BCUT2D eigenvalue weighted by molar-refractivity contribution is 0.102. The van der Waals surface area contributed by atoms with Gasteiger partial charge in [-0.05, 0) is 42.5 Å². The minimum absolute atomic E-state index is 0.224. The minimum atomic E-state index is -0.273. The molecule has 4 aromatic rings. The standard InChI is InChI=1S/C18H13N5O2S/c19-14-3-2-12(8-13(14)17(20)11-5-6-25-9-11)21-18(24)10-1-4-15-16(7-10)23-26-22-15/h1-9,20H,19H2,(H,21,24). The molecule has 0 fully saturated rings. The van der Waals surface area contributed by atoms with Crippen LogP contribution in [-0.2, 0) is 0 Å². The second kappa shape index (κ2) is 6.41. The van der Waals surface area contributed by atoms with Gasteiger partial charge < -0.3 is 15.5 Å². The monoisotopic (exact) mass is 363 g/mol. The predicted molar refractivity (Wildman–Crippen MR) is 101 cm³/mol. The lowest BCUT2D eigenvalue weighted by Crippen LogP contribution is -2.13. The van der Waals surface area contributed by atoms with E-state index in [2.05, 4.69) is 14.1 Å². The Kier molecular flexibility index (Phi) is 3.94. The number of carbonyl (C=O) groups excluding carboxylic acids is 1. The highest BCUT2D eigenvalue weighted by molar-refractivity contribution is 7.00. The fourth-order valence-corrected chi connectivity index (χ4v) is 3.06. The first kappa shape index (κ1) is 16.0. The number of carbonyl (C=O) groups is 1. The smallest absolute Gasteiger partial charge is 0.255 e. The fourth-order valence-electron chi connectivity index (χ4n) is 2.54. The third-order valence-corrected chi connectivity index (χ3v) is 4.46. The highest BCUT2D eigenvalue weighted by atomic mass is 32.1. The highest BCUT2D eigenvalue weighted by Crippen LogP contribution is 2.22. The molecule has 7 nitrogen and oxygen atoms in total. The molecule has 0 radical (unpaired) electrons. The topological polar surface area (TPSA) is 118 Å². The molecule has 0 unspecified atom stereocenters. The van der Waals surface area contributed by atoms with Gasteiger partial charge in [-0.2, -0.15) is 8.75 Å². The highest BCUT2D eigenvalue weighted by Gasteiger charge is 2.13. The van der Waals surface area contributed by atoms with E-state index in [1.807, 2.05) is 0 Å². The van der Waals surface area contributed by atoms with Crippen LogP contribution in [0, 0.1) is 5.41 Å². The van der Waals surface area contributed by atoms with E-state index >= 15 is 0 Å². The van der Waals surface area contributed by atoms with E-state index in [4.69, 9.17) is 15.6 Å². The zero-order valence-corrected chi connectivity index (χ0v) is 14.2. The maximum absolute atomic E-state index is 12.5. The zero-order valence-electron chi connectivity index (χ0n) is 13.4. The average Bonchev–Trinajstić information content (AvgIpc) is 3.33. The molecule has 0 aliphatic carbocycles. The average molecular weight is 363 g/mol. The molecule has 26 heavy (non-hydrogen) atoms. The third kappa shape index (κ3) is 2.93. The van der Waals surface area contributed by atoms with Crippen molar-refractivity contribution in [1.29, 1.82) is 5.41 Å². The molecule has 1 amide bonds. The van der Waals surface area contributed by atoms with Gasteiger partial charge in [-0.15, -0.1) is 0 Å². The number of furan rings is 1. The second-order valence-electron chi connectivity index (χ2n) is 5.61. The molecule has 4 N–H and O–H groups in total. The first-order valence-corrected chi connectivity index (χ1v) is 8.39. The van der Waals surface area contributed by atoms with E-state index in [1.54, 1.807) is 42.5 Å². The Hall–Kier alpha value is -3.52. The molecule has 0 saturated carbocycles. The van der Waals surface area contributed by atoms with Crippen LogP contribution in [0.3, 0.4) is 0 Å². The van der Waals surface area contributed by atoms with E-state index in [1.165, 1.54) is 12.5 Å². The summed E-state index contributed by atoms with van der Waals surface area (Å²) in [6, 6.07) is 11.9. The Morgan fingerprint density at radius 1 is 1.08 bits per heavy atom. The first-order valence-electron chi connectivity index (χ1n) is 7.66. The number of rotatable bonds is 4. The number of nitrogen functional groups attached to an aromatic ring is 1. The summed E-state index contributed by atoms with van der Waals surface area (Å²) < 4.78 is 13.3. The van der Waals surface area contributed by atoms with Crippen molar-refractivity contribution in [2.45, 2.75) is 0 Å². The number of nitrogens with two attached hydrogens (primary N) is 1. The van der Waals surface area contributed by atoms with Crippen molar-refractivity contribution in [3.63, 3.8) is 0 Å². The summed E-state index contributed by atoms with van der Waals surface area (Å²) in [5.74, 6) is -0.273. The van der Waals surface area contributed by atoms with Crippen LogP contribution in [0.4, 0.5) is 11.4 Å². The van der Waals surface area contributed by atoms with E-state index < -0.39 is 0 Å². The van der Waals surface area contributed by atoms with Crippen molar-refractivity contribution >= 4 is 45.8 Å². The molecule has 4 rings (SSSR count). The van der Waals surface area contributed by atoms with Crippen LogP contribution in [-0.4, -0.2) is 20.4 Å². The van der Waals surface area contributed by atoms with Gasteiger partial charge in [0.1, 0.15) is 11.0 Å². The Morgan fingerprint density at radius 3 is 2.73 bits per heavy atom. The van der Waals surface area contributed by atoms with E-state index in [0.29, 0.717) is 33.6 Å². The van der Waals surface area contributed by atoms with Crippen molar-refractivity contribution in [2.24, 2.45) is 0 Å². The summed E-state index contributed by atoms with van der Waals surface area (Å²) in [7, 11) is 0. The second-order valence-corrected chi connectivity index (χ2v) is 6.14. The van der Waals surface area contributed by atoms with Gasteiger partial charge >= 0.3 is 0 Å². The minimum Gasteiger partial charge on any atom is -0.472 e. The summed E-state index contributed by atoms with van der Waals surface area (Å²) in [6.07, 6.45) is 2.97. The van der Waals surface area contributed by atoms with Crippen LogP contribution < -0.4 is 11.1 Å². The predicted octanol–water partition coefficient (Wildman–Crippen LogP) is 3.53. The summed E-state index contributed by atoms with van der Waals surface area (Å²) in [4.78, 5) is 12.5. The largest absolute Gasteiger partial charge is 0.472 e. The number of nitrogens with one attached hydrogen (secondary N) is 2. The molecular formula is C18H13N5O2S. The molecule has 8 heteroatoms. The molecule has 0 aliphatic rings. The Morgan fingerprint density at radius 2 is 1.92 bits per heavy atom. The maximum atomic E-state index is 12.5. The zero-order chi connectivity index (χ0) is 18.1. The SMILES string of the molecule is N=C(c1ccoc1)c1cc(NC(=O)c2ccc3nsnc3c2)ccc1N. The number of amides is 1. The van der Waals surface area contributed by atoms with Gasteiger partial charge in [0.2, 0.25) is 0 Å². The van der Waals surface area contributed by atoms with Gasteiger partial charge in [-0.1, -0.05) is 0 Å². The van der Waals surface area contributed by atoms with Gasteiger partial charge in [0, 0.05) is 28.1 Å². The molecule has 0 saturated heterocycles. The lowest BCUT2D eigenvalue weighted by Gasteiger charge is -2.10. The van der Waals surface area contributed by atoms with E-state index in [0.717, 1.165) is 17.2 Å². The van der Waals surface area contributed by atoms with Crippen molar-refractivity contribution < 1.29 is 9.21 Å². The number of hydrogen-bond donors (Lipinski definition) is 3. The Bertz CT molecular complexity index is 1120. The van der Waals surface area contributed by atoms with Gasteiger partial charge in [-0.3, -0.25) is 10.2 Å². The molecule has 0 aliphatic heterocycles. The fraction of sp³-hybridized carbons (Fsp3) is 0. The molecule has 2 aromatic carbocycles. The molecule has 2 heterocycles. The summed E-state index contributed by atoms with van der Waals surface area (Å²) in [5, 5.41) is 11.1. The number of fused-ring (bicyclic) bond motifs is 1. The molecule has 2 aromatic heterocycles. The van der Waals surface area contributed by atoms with Crippen molar-refractivity contribution in [2.75, 3.05) is 11.1 Å². The summed E-state index contributed by atoms with van der Waals surface area (Å²) >= 11 is 1.11. The number of hydrogen-bond acceptors (Lipinski definition) is 7. The van der Waals surface area contributed by atoms with Crippen molar-refractivity contribution in [1.82, 2.24) is 8.75 Å². The number of aromatic nitrogens is 2. The van der Waals surface area contributed by atoms with Crippen molar-refractivity contribution in [3.05, 3.63) is 71.7 Å². The van der Waals surface area contributed by atoms with Gasteiger partial charge in [-0.25, -0.2) is 0 Å². The van der Waals surface area contributed by atoms with E-state index in [9.17, 15) is 4.79 Å². The number of anilines is 2. The summed E-state index contributed by atoms with van der Waals surface area (Å²) in [5.41, 5.74) is 10.3. The van der Waals surface area contributed by atoms with Crippen LogP contribution >= 0.6 is 11.7 Å². The molecule has 0 atom stereocenters. The van der Waals surface area contributed by atoms with Gasteiger partial charge in [0.15, 0.2) is 0 Å². The van der Waals surface area contributed by atoms with Crippen LogP contribution in [0.2, 0.25) is 0 Å². The van der Waals surface area contributed by atoms with Gasteiger partial charge in [0.05, 0.1) is 30.0 Å². The van der Waals surface area contributed by atoms with Crippen LogP contribution in [0.25, 0.3) is 11.0 Å². The van der Waals surface area contributed by atoms with Crippen molar-refractivity contribution in [3.8, 4) is 0 Å². The van der Waals surface area contributed by atoms with Crippen LogP contribution in [0.15, 0.2) is 59.4 Å².